The van der Waals surface area contributed by atoms with Crippen molar-refractivity contribution in [2.45, 2.75) is 31.4 Å². The van der Waals surface area contributed by atoms with E-state index in [1.54, 1.807) is 30.3 Å². The Morgan fingerprint density at radius 1 is 0.926 bits per heavy atom. The van der Waals surface area contributed by atoms with E-state index in [4.69, 9.17) is 4.74 Å². The predicted octanol–water partition coefficient (Wildman–Crippen LogP) is 5.51. The van der Waals surface area contributed by atoms with Crippen LogP contribution in [-0.4, -0.2) is 37.3 Å². The van der Waals surface area contributed by atoms with E-state index in [2.05, 4.69) is 0 Å². The van der Waals surface area contributed by atoms with Gasteiger partial charge in [0.05, 0.1) is 12.5 Å². The molecular weight excluding hydrogens is 351 g/mol. The zero-order chi connectivity index (χ0) is 19.1. The zero-order valence-corrected chi connectivity index (χ0v) is 15.4. The molecule has 1 fully saturated rings. The fourth-order valence-electron chi connectivity index (χ4n) is 3.66. The number of likely N-dealkylation sites (tertiary alicyclic amines) is 1. The minimum absolute atomic E-state index is 0.0424. The van der Waals surface area contributed by atoms with Gasteiger partial charge in [-0.1, -0.05) is 48.5 Å². The lowest BCUT2D eigenvalue weighted by Gasteiger charge is -2.35. The minimum Gasteiger partial charge on any atom is -0.494 e. The number of benzene rings is 2. The van der Waals surface area contributed by atoms with Gasteiger partial charge in [-0.3, -0.25) is 0 Å². The van der Waals surface area contributed by atoms with Crippen LogP contribution in [-0.2, 0) is 0 Å². The van der Waals surface area contributed by atoms with Gasteiger partial charge in [-0.15, -0.1) is 0 Å². The van der Waals surface area contributed by atoms with E-state index in [1.807, 2.05) is 35.2 Å². The van der Waals surface area contributed by atoms with Gasteiger partial charge < -0.3 is 9.64 Å². The zero-order valence-electron chi connectivity index (χ0n) is 15.4. The summed E-state index contributed by atoms with van der Waals surface area (Å²) in [6.45, 7) is 2.13. The van der Waals surface area contributed by atoms with Crippen molar-refractivity contribution in [2.75, 3.05) is 26.2 Å². The fraction of sp³-hybridized carbons (Fsp3) is 0.455. The van der Waals surface area contributed by atoms with Crippen molar-refractivity contribution in [3.05, 3.63) is 66.2 Å². The van der Waals surface area contributed by atoms with Crippen LogP contribution in [0.15, 0.2) is 60.7 Å². The lowest BCUT2D eigenvalue weighted by Crippen LogP contribution is -2.40. The normalized spacial score (nSPS) is 17.6. The second kappa shape index (κ2) is 9.27. The number of piperidine rings is 1. The van der Waals surface area contributed by atoms with E-state index in [0.29, 0.717) is 18.1 Å². The SMILES string of the molecule is FC(F)(F)C(CN1CCC(CCOc2ccccc2)CC1)c1ccccc1. The summed E-state index contributed by atoms with van der Waals surface area (Å²) in [4.78, 5) is 1.96. The summed E-state index contributed by atoms with van der Waals surface area (Å²) in [5.41, 5.74) is 0.350. The molecule has 0 aliphatic carbocycles. The Morgan fingerprint density at radius 2 is 1.52 bits per heavy atom. The Morgan fingerprint density at radius 3 is 2.11 bits per heavy atom. The van der Waals surface area contributed by atoms with Crippen molar-refractivity contribution in [2.24, 2.45) is 5.92 Å². The summed E-state index contributed by atoms with van der Waals surface area (Å²) in [6, 6.07) is 18.0. The average Bonchev–Trinajstić information content (AvgIpc) is 2.68. The van der Waals surface area contributed by atoms with E-state index in [-0.39, 0.29) is 6.54 Å². The highest BCUT2D eigenvalue weighted by Gasteiger charge is 2.41. The lowest BCUT2D eigenvalue weighted by atomic mass is 9.92. The molecule has 27 heavy (non-hydrogen) atoms. The van der Waals surface area contributed by atoms with Gasteiger partial charge in [0.2, 0.25) is 0 Å². The third-order valence-electron chi connectivity index (χ3n) is 5.28. The maximum atomic E-state index is 13.5. The monoisotopic (exact) mass is 377 g/mol. The first-order valence-corrected chi connectivity index (χ1v) is 9.54. The summed E-state index contributed by atoms with van der Waals surface area (Å²) in [5.74, 6) is -0.0338. The van der Waals surface area contributed by atoms with Crippen LogP contribution >= 0.6 is 0 Å². The van der Waals surface area contributed by atoms with E-state index in [9.17, 15) is 13.2 Å². The van der Waals surface area contributed by atoms with Gasteiger partial charge in [0, 0.05) is 6.54 Å². The highest BCUT2D eigenvalue weighted by Crippen LogP contribution is 2.36. The average molecular weight is 377 g/mol. The largest absolute Gasteiger partial charge is 0.494 e. The molecule has 0 aromatic heterocycles. The molecule has 1 aliphatic rings. The van der Waals surface area contributed by atoms with Crippen LogP contribution < -0.4 is 4.74 Å². The molecule has 0 radical (unpaired) electrons. The first-order chi connectivity index (χ1) is 13.0. The van der Waals surface area contributed by atoms with Crippen LogP contribution in [0.5, 0.6) is 5.75 Å². The standard InChI is InChI=1S/C22H26F3NO/c23-22(24,25)21(19-7-3-1-4-8-19)17-26-14-11-18(12-15-26)13-16-27-20-9-5-2-6-10-20/h1-10,18,21H,11-17H2. The van der Waals surface area contributed by atoms with Gasteiger partial charge >= 0.3 is 6.18 Å². The highest BCUT2D eigenvalue weighted by atomic mass is 19.4. The molecule has 5 heteroatoms. The molecule has 0 saturated carbocycles. The first kappa shape index (κ1) is 19.7. The molecule has 1 aliphatic heterocycles. The lowest BCUT2D eigenvalue weighted by molar-refractivity contribution is -0.155. The van der Waals surface area contributed by atoms with Gasteiger partial charge in [-0.05, 0) is 56.0 Å². The molecule has 2 aromatic rings. The maximum Gasteiger partial charge on any atom is 0.396 e. The summed E-state index contributed by atoms with van der Waals surface area (Å²) >= 11 is 0. The van der Waals surface area contributed by atoms with Crippen LogP contribution in [0.4, 0.5) is 13.2 Å². The van der Waals surface area contributed by atoms with Crippen molar-refractivity contribution in [1.82, 2.24) is 4.90 Å². The van der Waals surface area contributed by atoms with Crippen LogP contribution in [0.3, 0.4) is 0 Å². The molecule has 0 N–H and O–H groups in total. The molecule has 0 bridgehead atoms. The molecule has 1 atom stereocenters. The maximum absolute atomic E-state index is 13.5. The summed E-state index contributed by atoms with van der Waals surface area (Å²) < 4.78 is 46.3. The molecule has 1 heterocycles. The Balaban J connectivity index is 1.45. The van der Waals surface area contributed by atoms with Gasteiger partial charge in [0.25, 0.3) is 0 Å². The molecule has 0 amide bonds. The van der Waals surface area contributed by atoms with Crippen molar-refractivity contribution >= 4 is 0 Å². The number of alkyl halides is 3. The van der Waals surface area contributed by atoms with E-state index >= 15 is 0 Å². The van der Waals surface area contributed by atoms with E-state index in [1.165, 1.54) is 0 Å². The summed E-state index contributed by atoms with van der Waals surface area (Å²) in [7, 11) is 0. The topological polar surface area (TPSA) is 12.5 Å². The van der Waals surface area contributed by atoms with Crippen LogP contribution in [0.2, 0.25) is 0 Å². The second-order valence-corrected chi connectivity index (χ2v) is 7.20. The molecule has 0 spiro atoms. The molecule has 1 unspecified atom stereocenters. The molecular formula is C22H26F3NO. The fourth-order valence-corrected chi connectivity index (χ4v) is 3.66. The third-order valence-corrected chi connectivity index (χ3v) is 5.28. The molecule has 2 aromatic carbocycles. The molecule has 146 valence electrons. The minimum atomic E-state index is -4.22. The molecule has 1 saturated heterocycles. The second-order valence-electron chi connectivity index (χ2n) is 7.20. The highest BCUT2D eigenvalue weighted by molar-refractivity contribution is 5.22. The van der Waals surface area contributed by atoms with Crippen molar-refractivity contribution in [3.63, 3.8) is 0 Å². The Hall–Kier alpha value is -2.01. The van der Waals surface area contributed by atoms with Gasteiger partial charge in [0.1, 0.15) is 5.75 Å². The van der Waals surface area contributed by atoms with E-state index in [0.717, 1.165) is 38.1 Å². The van der Waals surface area contributed by atoms with Gasteiger partial charge in [-0.2, -0.15) is 13.2 Å². The Bertz CT molecular complexity index is 667. The van der Waals surface area contributed by atoms with Gasteiger partial charge in [0.15, 0.2) is 0 Å². The predicted molar refractivity (Wildman–Crippen MR) is 101 cm³/mol. The molecule has 3 rings (SSSR count). The number of hydrogen-bond acceptors (Lipinski definition) is 2. The Kier molecular flexibility index (Phi) is 6.78. The Labute approximate surface area is 159 Å². The number of nitrogens with zero attached hydrogens (tertiary/aromatic N) is 1. The summed E-state index contributed by atoms with van der Waals surface area (Å²) in [6.07, 6.45) is -1.42. The van der Waals surface area contributed by atoms with Crippen molar-refractivity contribution in [3.8, 4) is 5.75 Å². The van der Waals surface area contributed by atoms with E-state index < -0.39 is 12.1 Å². The van der Waals surface area contributed by atoms with Crippen LogP contribution in [0.1, 0.15) is 30.7 Å². The number of hydrogen-bond donors (Lipinski definition) is 0. The number of ether oxygens (including phenoxy) is 1. The quantitative estimate of drug-likeness (QED) is 0.630. The smallest absolute Gasteiger partial charge is 0.396 e. The first-order valence-electron chi connectivity index (χ1n) is 9.54. The van der Waals surface area contributed by atoms with Crippen molar-refractivity contribution < 1.29 is 17.9 Å². The van der Waals surface area contributed by atoms with Crippen molar-refractivity contribution in [1.29, 1.82) is 0 Å². The number of halogens is 3. The van der Waals surface area contributed by atoms with Crippen LogP contribution in [0.25, 0.3) is 0 Å². The molecule has 2 nitrogen and oxygen atoms in total. The summed E-state index contributed by atoms with van der Waals surface area (Å²) in [5, 5.41) is 0. The van der Waals surface area contributed by atoms with Crippen LogP contribution in [0, 0.1) is 5.92 Å². The van der Waals surface area contributed by atoms with Gasteiger partial charge in [-0.25, -0.2) is 0 Å². The number of rotatable bonds is 7. The number of para-hydroxylation sites is 1. The third kappa shape index (κ3) is 5.99.